The van der Waals surface area contributed by atoms with Crippen LogP contribution < -0.4 is 10.9 Å². The van der Waals surface area contributed by atoms with Gasteiger partial charge in [-0.25, -0.2) is 8.42 Å². The molecule has 2 heterocycles. The van der Waals surface area contributed by atoms with Crippen LogP contribution in [0, 0.1) is 6.92 Å². The molecule has 1 aliphatic heterocycles. The van der Waals surface area contributed by atoms with Crippen molar-refractivity contribution >= 4 is 20.8 Å². The van der Waals surface area contributed by atoms with E-state index in [4.69, 9.17) is 0 Å². The zero-order valence-electron chi connectivity index (χ0n) is 13.3. The molecule has 0 spiro atoms. The van der Waals surface area contributed by atoms with Crippen LogP contribution in [0.4, 0.5) is 0 Å². The summed E-state index contributed by atoms with van der Waals surface area (Å²) >= 11 is 0. The van der Waals surface area contributed by atoms with Crippen LogP contribution in [-0.4, -0.2) is 43.4 Å². The van der Waals surface area contributed by atoms with Crippen LogP contribution in [0.2, 0.25) is 0 Å². The quantitative estimate of drug-likeness (QED) is 0.864. The predicted molar refractivity (Wildman–Crippen MR) is 90.1 cm³/mol. The summed E-state index contributed by atoms with van der Waals surface area (Å²) in [6.45, 7) is 5.61. The number of rotatable bonds is 2. The first-order valence-corrected chi connectivity index (χ1v) is 9.20. The third-order valence-corrected chi connectivity index (χ3v) is 6.47. The Morgan fingerprint density at radius 3 is 2.83 bits per heavy atom. The first kappa shape index (κ1) is 16.2. The summed E-state index contributed by atoms with van der Waals surface area (Å²) in [6, 6.07) is 4.81. The van der Waals surface area contributed by atoms with Crippen LogP contribution in [-0.2, 0) is 10.0 Å². The third kappa shape index (κ3) is 2.80. The van der Waals surface area contributed by atoms with Gasteiger partial charge in [0.1, 0.15) is 0 Å². The van der Waals surface area contributed by atoms with Gasteiger partial charge in [0.05, 0.1) is 4.90 Å². The smallest absolute Gasteiger partial charge is 0.255 e. The molecule has 0 saturated carbocycles. The molecule has 3 rings (SSSR count). The number of aromatic nitrogens is 1. The minimum atomic E-state index is -3.66. The Labute approximate surface area is 135 Å². The number of benzene rings is 1. The molecule has 6 nitrogen and oxygen atoms in total. The molecular formula is C16H21N3O3S. The minimum Gasteiger partial charge on any atom is -0.328 e. The first-order chi connectivity index (χ1) is 10.9. The van der Waals surface area contributed by atoms with Crippen LogP contribution in [0.25, 0.3) is 10.8 Å². The number of nitrogens with zero attached hydrogens (tertiary/aromatic N) is 1. The molecule has 2 N–H and O–H groups in total. The Balaban J connectivity index is 2.23. The standard InChI is InChI=1S/C16H21N3O3S/c1-11-10-18-16(20)13-4-3-5-14(15(11)13)23(21,22)19-9-8-17-7-6-12(19)2/h3-5,10,12,17H,6-9H2,1-2H3,(H,18,20)/t12-/m0/s1. The average Bonchev–Trinajstić information content (AvgIpc) is 2.75. The van der Waals surface area contributed by atoms with E-state index in [9.17, 15) is 13.2 Å². The topological polar surface area (TPSA) is 82.3 Å². The Hall–Kier alpha value is -1.70. The molecule has 1 atom stereocenters. The first-order valence-electron chi connectivity index (χ1n) is 7.76. The van der Waals surface area contributed by atoms with Crippen molar-refractivity contribution < 1.29 is 8.42 Å². The van der Waals surface area contributed by atoms with E-state index in [1.165, 1.54) is 0 Å². The van der Waals surface area contributed by atoms with Gasteiger partial charge in [-0.2, -0.15) is 4.31 Å². The summed E-state index contributed by atoms with van der Waals surface area (Å²) in [5.41, 5.74) is 0.479. The third-order valence-electron chi connectivity index (χ3n) is 4.41. The minimum absolute atomic E-state index is 0.0763. The van der Waals surface area contributed by atoms with Crippen molar-refractivity contribution in [1.82, 2.24) is 14.6 Å². The zero-order chi connectivity index (χ0) is 16.6. The van der Waals surface area contributed by atoms with Crippen molar-refractivity contribution in [2.75, 3.05) is 19.6 Å². The van der Waals surface area contributed by atoms with Crippen molar-refractivity contribution in [3.05, 3.63) is 40.3 Å². The number of aromatic amines is 1. The molecule has 0 unspecified atom stereocenters. The highest BCUT2D eigenvalue weighted by atomic mass is 32.2. The van der Waals surface area contributed by atoms with Gasteiger partial charge in [0.2, 0.25) is 10.0 Å². The molecule has 1 fully saturated rings. The van der Waals surface area contributed by atoms with Crippen LogP contribution in [0.3, 0.4) is 0 Å². The van der Waals surface area contributed by atoms with Gasteiger partial charge in [0.25, 0.3) is 5.56 Å². The van der Waals surface area contributed by atoms with Crippen LogP contribution >= 0.6 is 0 Å². The molecule has 1 aromatic heterocycles. The maximum atomic E-state index is 13.2. The van der Waals surface area contributed by atoms with Crippen molar-refractivity contribution in [1.29, 1.82) is 0 Å². The highest BCUT2D eigenvalue weighted by Crippen LogP contribution is 2.28. The number of pyridine rings is 1. The van der Waals surface area contributed by atoms with E-state index in [0.29, 0.717) is 23.9 Å². The fourth-order valence-corrected chi connectivity index (χ4v) is 5.08. The highest BCUT2D eigenvalue weighted by Gasteiger charge is 2.31. The molecule has 1 aliphatic rings. The van der Waals surface area contributed by atoms with Crippen molar-refractivity contribution in [3.63, 3.8) is 0 Å². The molecule has 23 heavy (non-hydrogen) atoms. The molecule has 0 amide bonds. The number of aryl methyl sites for hydroxylation is 1. The van der Waals surface area contributed by atoms with Gasteiger partial charge >= 0.3 is 0 Å². The summed E-state index contributed by atoms with van der Waals surface area (Å²) in [5, 5.41) is 4.15. The van der Waals surface area contributed by atoms with Crippen molar-refractivity contribution in [3.8, 4) is 0 Å². The maximum Gasteiger partial charge on any atom is 0.255 e. The lowest BCUT2D eigenvalue weighted by Crippen LogP contribution is -2.39. The molecule has 0 bridgehead atoms. The number of sulfonamides is 1. The SMILES string of the molecule is Cc1c[nH]c(=O)c2cccc(S(=O)(=O)N3CCNCC[C@@H]3C)c12. The molecule has 124 valence electrons. The van der Waals surface area contributed by atoms with Gasteiger partial charge in [-0.3, -0.25) is 4.79 Å². The monoisotopic (exact) mass is 335 g/mol. The van der Waals surface area contributed by atoms with Gasteiger partial charge < -0.3 is 10.3 Å². The Morgan fingerprint density at radius 2 is 2.04 bits per heavy atom. The van der Waals surface area contributed by atoms with Gasteiger partial charge in [0.15, 0.2) is 0 Å². The van der Waals surface area contributed by atoms with Crippen molar-refractivity contribution in [2.45, 2.75) is 31.2 Å². The fraction of sp³-hybridized carbons (Fsp3) is 0.438. The number of fused-ring (bicyclic) bond motifs is 1. The summed E-state index contributed by atoms with van der Waals surface area (Å²) in [5.74, 6) is 0. The number of hydrogen-bond acceptors (Lipinski definition) is 4. The van der Waals surface area contributed by atoms with Crippen LogP contribution in [0.5, 0.6) is 0 Å². The van der Waals surface area contributed by atoms with Gasteiger partial charge in [-0.15, -0.1) is 0 Å². The summed E-state index contributed by atoms with van der Waals surface area (Å²) < 4.78 is 28.0. The van der Waals surface area contributed by atoms with Gasteiger partial charge in [0, 0.05) is 36.1 Å². The second-order valence-electron chi connectivity index (χ2n) is 5.98. The van der Waals surface area contributed by atoms with E-state index in [2.05, 4.69) is 10.3 Å². The van der Waals surface area contributed by atoms with E-state index in [1.54, 1.807) is 28.7 Å². The average molecular weight is 335 g/mol. The van der Waals surface area contributed by atoms with Gasteiger partial charge in [-0.1, -0.05) is 6.07 Å². The molecule has 1 saturated heterocycles. The van der Waals surface area contributed by atoms with Gasteiger partial charge in [-0.05, 0) is 44.5 Å². The highest BCUT2D eigenvalue weighted by molar-refractivity contribution is 7.89. The molecular weight excluding hydrogens is 314 g/mol. The van der Waals surface area contributed by atoms with E-state index in [1.807, 2.05) is 13.8 Å². The lowest BCUT2D eigenvalue weighted by molar-refractivity contribution is 0.350. The second kappa shape index (κ2) is 6.07. The largest absolute Gasteiger partial charge is 0.328 e. The van der Waals surface area contributed by atoms with E-state index in [0.717, 1.165) is 18.5 Å². The Kier molecular flexibility index (Phi) is 4.27. The zero-order valence-corrected chi connectivity index (χ0v) is 14.1. The van der Waals surface area contributed by atoms with E-state index in [-0.39, 0.29) is 16.5 Å². The second-order valence-corrected chi connectivity index (χ2v) is 7.84. The Morgan fingerprint density at radius 1 is 1.26 bits per heavy atom. The lowest BCUT2D eigenvalue weighted by atomic mass is 10.1. The van der Waals surface area contributed by atoms with Crippen molar-refractivity contribution in [2.24, 2.45) is 0 Å². The van der Waals surface area contributed by atoms with E-state index >= 15 is 0 Å². The summed E-state index contributed by atoms with van der Waals surface area (Å²) in [4.78, 5) is 14.9. The number of H-pyrrole nitrogens is 1. The summed E-state index contributed by atoms with van der Waals surface area (Å²) in [6.07, 6.45) is 2.33. The van der Waals surface area contributed by atoms with Crippen LogP contribution in [0.1, 0.15) is 18.9 Å². The molecule has 2 aromatic rings. The Bertz CT molecular complexity index is 889. The lowest BCUT2D eigenvalue weighted by Gasteiger charge is -2.26. The number of nitrogens with one attached hydrogen (secondary N) is 2. The molecule has 0 aliphatic carbocycles. The number of hydrogen-bond donors (Lipinski definition) is 2. The molecule has 7 heteroatoms. The maximum absolute atomic E-state index is 13.2. The molecule has 0 radical (unpaired) electrons. The molecule has 1 aromatic carbocycles. The normalized spacial score (nSPS) is 20.5. The van der Waals surface area contributed by atoms with E-state index < -0.39 is 10.0 Å². The van der Waals surface area contributed by atoms with Crippen LogP contribution in [0.15, 0.2) is 34.1 Å². The summed E-state index contributed by atoms with van der Waals surface area (Å²) in [7, 11) is -3.66. The fourth-order valence-electron chi connectivity index (χ4n) is 3.14. The predicted octanol–water partition coefficient (Wildman–Crippen LogP) is 1.21.